The van der Waals surface area contributed by atoms with Crippen LogP contribution in [0.3, 0.4) is 0 Å². The van der Waals surface area contributed by atoms with Crippen LogP contribution in [0.5, 0.6) is 0 Å². The maximum atomic E-state index is 11.7. The number of carbonyl (C=O) groups is 2. The van der Waals surface area contributed by atoms with E-state index < -0.39 is 5.97 Å². The predicted octanol–water partition coefficient (Wildman–Crippen LogP) is 1.95. The molecule has 0 saturated carbocycles. The number of hydrogen-bond acceptors (Lipinski definition) is 4. The average molecular weight is 272 g/mol. The molecular weight excluding hydrogens is 260 g/mol. The maximum absolute atomic E-state index is 11.7. The summed E-state index contributed by atoms with van der Waals surface area (Å²) in [5.41, 5.74) is 3.10. The number of anilines is 1. The molecule has 3 rings (SSSR count). The summed E-state index contributed by atoms with van der Waals surface area (Å²) < 4.78 is 4.79. The summed E-state index contributed by atoms with van der Waals surface area (Å²) in [7, 11) is 1.73. The third-order valence-corrected chi connectivity index (χ3v) is 3.47. The number of benzene rings is 1. The van der Waals surface area contributed by atoms with Gasteiger partial charge in [0.2, 0.25) is 11.7 Å². The van der Waals surface area contributed by atoms with Crippen molar-refractivity contribution in [3.05, 3.63) is 35.6 Å². The van der Waals surface area contributed by atoms with Crippen molar-refractivity contribution in [1.29, 1.82) is 0 Å². The minimum absolute atomic E-state index is 0.0704. The number of nitrogens with zero attached hydrogens (tertiary/aromatic N) is 2. The average Bonchev–Trinajstić information content (AvgIpc) is 2.92. The lowest BCUT2D eigenvalue weighted by molar-refractivity contribution is -0.118. The molecule has 6 heteroatoms. The Morgan fingerprint density at radius 1 is 1.40 bits per heavy atom. The molecule has 0 unspecified atom stereocenters. The molecule has 1 aromatic heterocycles. The van der Waals surface area contributed by atoms with Gasteiger partial charge in [-0.1, -0.05) is 17.3 Å². The molecule has 1 aliphatic rings. The SMILES string of the molecule is CN1C(=O)CCc2c(-c3cc(C(=O)O)on3)cccc21. The third kappa shape index (κ3) is 1.85. The Morgan fingerprint density at radius 2 is 2.20 bits per heavy atom. The lowest BCUT2D eigenvalue weighted by Crippen LogP contribution is -2.31. The van der Waals surface area contributed by atoms with Gasteiger partial charge in [-0.15, -0.1) is 0 Å². The van der Waals surface area contributed by atoms with Crippen molar-refractivity contribution in [2.24, 2.45) is 0 Å². The highest BCUT2D eigenvalue weighted by molar-refractivity contribution is 5.97. The molecule has 1 N–H and O–H groups in total. The standard InChI is InChI=1S/C14H12N2O4/c1-16-11-4-2-3-8(9(11)5-6-13(16)17)10-7-12(14(18)19)20-15-10/h2-4,7H,5-6H2,1H3,(H,18,19). The van der Waals surface area contributed by atoms with Gasteiger partial charge in [0.1, 0.15) is 5.69 Å². The fourth-order valence-electron chi connectivity index (χ4n) is 2.43. The van der Waals surface area contributed by atoms with Gasteiger partial charge in [0.15, 0.2) is 0 Å². The topological polar surface area (TPSA) is 83.6 Å². The molecule has 0 fully saturated rings. The predicted molar refractivity (Wildman–Crippen MR) is 70.6 cm³/mol. The van der Waals surface area contributed by atoms with Gasteiger partial charge < -0.3 is 14.5 Å². The summed E-state index contributed by atoms with van der Waals surface area (Å²) in [4.78, 5) is 24.2. The van der Waals surface area contributed by atoms with Gasteiger partial charge in [-0.3, -0.25) is 4.79 Å². The quantitative estimate of drug-likeness (QED) is 0.903. The van der Waals surface area contributed by atoms with Crippen molar-refractivity contribution in [1.82, 2.24) is 5.16 Å². The lowest BCUT2D eigenvalue weighted by Gasteiger charge is -2.27. The number of aromatic nitrogens is 1. The summed E-state index contributed by atoms with van der Waals surface area (Å²) >= 11 is 0. The van der Waals surface area contributed by atoms with Crippen molar-refractivity contribution < 1.29 is 19.2 Å². The zero-order valence-corrected chi connectivity index (χ0v) is 10.8. The van der Waals surface area contributed by atoms with Crippen LogP contribution in [0.2, 0.25) is 0 Å². The largest absolute Gasteiger partial charge is 0.475 e. The van der Waals surface area contributed by atoms with E-state index in [0.717, 1.165) is 16.8 Å². The second-order valence-corrected chi connectivity index (χ2v) is 4.64. The van der Waals surface area contributed by atoms with Crippen LogP contribution in [0.4, 0.5) is 5.69 Å². The first-order chi connectivity index (χ1) is 9.58. The number of hydrogen-bond donors (Lipinski definition) is 1. The van der Waals surface area contributed by atoms with E-state index in [-0.39, 0.29) is 11.7 Å². The molecule has 0 radical (unpaired) electrons. The molecule has 1 amide bonds. The van der Waals surface area contributed by atoms with E-state index in [1.807, 2.05) is 18.2 Å². The van der Waals surface area contributed by atoms with E-state index in [0.29, 0.717) is 18.5 Å². The fourth-order valence-corrected chi connectivity index (χ4v) is 2.43. The molecule has 20 heavy (non-hydrogen) atoms. The molecular formula is C14H12N2O4. The number of aromatic carboxylic acids is 1. The fraction of sp³-hybridized carbons (Fsp3) is 0.214. The third-order valence-electron chi connectivity index (χ3n) is 3.47. The van der Waals surface area contributed by atoms with Crippen LogP contribution in [0.25, 0.3) is 11.3 Å². The lowest BCUT2D eigenvalue weighted by atomic mass is 9.94. The molecule has 0 spiro atoms. The van der Waals surface area contributed by atoms with Crippen LogP contribution in [-0.2, 0) is 11.2 Å². The van der Waals surface area contributed by atoms with Gasteiger partial charge in [0.05, 0.1) is 0 Å². The van der Waals surface area contributed by atoms with Gasteiger partial charge in [-0.25, -0.2) is 4.79 Å². The Kier molecular flexibility index (Phi) is 2.78. The second-order valence-electron chi connectivity index (χ2n) is 4.64. The Hall–Kier alpha value is -2.63. The Morgan fingerprint density at radius 3 is 2.90 bits per heavy atom. The highest BCUT2D eigenvalue weighted by atomic mass is 16.5. The highest BCUT2D eigenvalue weighted by Gasteiger charge is 2.24. The van der Waals surface area contributed by atoms with Crippen LogP contribution in [-0.4, -0.2) is 29.2 Å². The Balaban J connectivity index is 2.11. The zero-order valence-electron chi connectivity index (χ0n) is 10.8. The summed E-state index contributed by atoms with van der Waals surface area (Å²) in [5.74, 6) is -1.28. The Bertz CT molecular complexity index is 705. The van der Waals surface area contributed by atoms with E-state index in [1.165, 1.54) is 6.07 Å². The van der Waals surface area contributed by atoms with Crippen LogP contribution < -0.4 is 4.90 Å². The highest BCUT2D eigenvalue weighted by Crippen LogP contribution is 2.34. The molecule has 2 heterocycles. The molecule has 0 aliphatic carbocycles. The van der Waals surface area contributed by atoms with Crippen LogP contribution in [0.1, 0.15) is 22.5 Å². The first-order valence-electron chi connectivity index (χ1n) is 6.17. The van der Waals surface area contributed by atoms with E-state index in [9.17, 15) is 9.59 Å². The molecule has 0 atom stereocenters. The molecule has 102 valence electrons. The molecule has 2 aromatic rings. The molecule has 1 aromatic carbocycles. The van der Waals surface area contributed by atoms with Gasteiger partial charge in [-0.05, 0) is 18.1 Å². The van der Waals surface area contributed by atoms with Crippen molar-refractivity contribution in [2.75, 3.05) is 11.9 Å². The van der Waals surface area contributed by atoms with Crippen molar-refractivity contribution in [3.8, 4) is 11.3 Å². The minimum Gasteiger partial charge on any atom is -0.475 e. The molecule has 0 bridgehead atoms. The van der Waals surface area contributed by atoms with Gasteiger partial charge in [0, 0.05) is 30.8 Å². The van der Waals surface area contributed by atoms with E-state index >= 15 is 0 Å². The number of rotatable bonds is 2. The van der Waals surface area contributed by atoms with Crippen LogP contribution in [0.15, 0.2) is 28.8 Å². The molecule has 6 nitrogen and oxygen atoms in total. The summed E-state index contributed by atoms with van der Waals surface area (Å²) in [5, 5.41) is 12.7. The number of fused-ring (bicyclic) bond motifs is 1. The van der Waals surface area contributed by atoms with Gasteiger partial charge in [-0.2, -0.15) is 0 Å². The smallest absolute Gasteiger partial charge is 0.374 e. The molecule has 0 saturated heterocycles. The van der Waals surface area contributed by atoms with Crippen LogP contribution in [0, 0.1) is 0 Å². The zero-order chi connectivity index (χ0) is 14.3. The van der Waals surface area contributed by atoms with E-state index in [1.54, 1.807) is 11.9 Å². The second kappa shape index (κ2) is 4.48. The van der Waals surface area contributed by atoms with Crippen molar-refractivity contribution in [2.45, 2.75) is 12.8 Å². The summed E-state index contributed by atoms with van der Waals surface area (Å²) in [6, 6.07) is 6.94. The number of amides is 1. The van der Waals surface area contributed by atoms with Crippen LogP contribution >= 0.6 is 0 Å². The first-order valence-corrected chi connectivity index (χ1v) is 6.17. The molecule has 1 aliphatic heterocycles. The van der Waals surface area contributed by atoms with E-state index in [4.69, 9.17) is 9.63 Å². The maximum Gasteiger partial charge on any atom is 0.374 e. The van der Waals surface area contributed by atoms with Gasteiger partial charge in [0.25, 0.3) is 0 Å². The van der Waals surface area contributed by atoms with Crippen molar-refractivity contribution >= 4 is 17.6 Å². The summed E-state index contributed by atoms with van der Waals surface area (Å²) in [6.45, 7) is 0. The number of carboxylic acid groups (broad SMARTS) is 1. The van der Waals surface area contributed by atoms with Gasteiger partial charge >= 0.3 is 5.97 Å². The first kappa shape index (κ1) is 12.4. The summed E-state index contributed by atoms with van der Waals surface area (Å²) in [6.07, 6.45) is 1.05. The Labute approximate surface area is 114 Å². The number of carboxylic acids is 1. The van der Waals surface area contributed by atoms with Crippen molar-refractivity contribution in [3.63, 3.8) is 0 Å². The number of carbonyl (C=O) groups excluding carboxylic acids is 1. The van der Waals surface area contributed by atoms with E-state index in [2.05, 4.69) is 5.16 Å². The minimum atomic E-state index is -1.15. The normalized spacial score (nSPS) is 14.2. The monoisotopic (exact) mass is 272 g/mol.